The largest absolute Gasteiger partial charge is 0.322 e. The molecule has 1 fully saturated rings. The fourth-order valence-corrected chi connectivity index (χ4v) is 3.66. The van der Waals surface area contributed by atoms with Crippen molar-refractivity contribution in [1.82, 2.24) is 0 Å². The van der Waals surface area contributed by atoms with Crippen molar-refractivity contribution in [2.45, 2.75) is 13.1 Å². The molecule has 1 aliphatic rings. The van der Waals surface area contributed by atoms with Gasteiger partial charge in [-0.3, -0.25) is 0 Å². The van der Waals surface area contributed by atoms with Gasteiger partial charge in [-0.15, -0.1) is 0 Å². The molecular formula is C18H22BrClN2+2. The summed E-state index contributed by atoms with van der Waals surface area (Å²) in [5.41, 5.74) is 2.80. The Kier molecular flexibility index (Phi) is 5.53. The number of quaternary nitrogens is 2. The van der Waals surface area contributed by atoms with Crippen molar-refractivity contribution in [1.29, 1.82) is 0 Å². The molecule has 2 aromatic carbocycles. The van der Waals surface area contributed by atoms with Crippen LogP contribution in [-0.2, 0) is 13.1 Å². The molecular weight excluding hydrogens is 360 g/mol. The zero-order valence-corrected chi connectivity index (χ0v) is 15.0. The van der Waals surface area contributed by atoms with Crippen LogP contribution in [0.15, 0.2) is 53.0 Å². The zero-order valence-electron chi connectivity index (χ0n) is 12.6. The standard InChI is InChI=1S/C18H20BrClN2/c19-18-4-2-1-3-16(18)14-22-11-9-21(10-12-22)13-15-5-7-17(20)8-6-15/h1-8H,9-14H2/p+2. The van der Waals surface area contributed by atoms with Gasteiger partial charge < -0.3 is 9.80 Å². The number of hydrogen-bond acceptors (Lipinski definition) is 0. The second kappa shape index (κ2) is 7.60. The van der Waals surface area contributed by atoms with Crippen LogP contribution < -0.4 is 9.80 Å². The van der Waals surface area contributed by atoms with E-state index in [4.69, 9.17) is 11.6 Å². The second-order valence-corrected chi connectivity index (χ2v) is 7.36. The predicted octanol–water partition coefficient (Wildman–Crippen LogP) is 1.59. The van der Waals surface area contributed by atoms with Gasteiger partial charge in [0.05, 0.1) is 0 Å². The van der Waals surface area contributed by atoms with E-state index < -0.39 is 0 Å². The van der Waals surface area contributed by atoms with E-state index in [0.717, 1.165) is 18.1 Å². The van der Waals surface area contributed by atoms with E-state index in [-0.39, 0.29) is 0 Å². The Labute approximate surface area is 145 Å². The molecule has 116 valence electrons. The van der Waals surface area contributed by atoms with Gasteiger partial charge in [-0.25, -0.2) is 0 Å². The number of piperazine rings is 1. The van der Waals surface area contributed by atoms with Crippen LogP contribution in [0.1, 0.15) is 11.1 Å². The van der Waals surface area contributed by atoms with E-state index in [1.54, 1.807) is 9.80 Å². The van der Waals surface area contributed by atoms with Crippen LogP contribution in [0.5, 0.6) is 0 Å². The van der Waals surface area contributed by atoms with Gasteiger partial charge >= 0.3 is 0 Å². The lowest BCUT2D eigenvalue weighted by Crippen LogP contribution is -3.27. The minimum absolute atomic E-state index is 0.821. The predicted molar refractivity (Wildman–Crippen MR) is 94.4 cm³/mol. The van der Waals surface area contributed by atoms with Crippen molar-refractivity contribution in [2.75, 3.05) is 26.2 Å². The van der Waals surface area contributed by atoms with E-state index in [0.29, 0.717) is 0 Å². The molecule has 2 N–H and O–H groups in total. The molecule has 1 aliphatic heterocycles. The fraction of sp³-hybridized carbons (Fsp3) is 0.333. The molecule has 0 aliphatic carbocycles. The van der Waals surface area contributed by atoms with Crippen molar-refractivity contribution in [2.24, 2.45) is 0 Å². The van der Waals surface area contributed by atoms with Gasteiger partial charge in [0.2, 0.25) is 0 Å². The van der Waals surface area contributed by atoms with Crippen LogP contribution in [0.4, 0.5) is 0 Å². The molecule has 22 heavy (non-hydrogen) atoms. The van der Waals surface area contributed by atoms with Gasteiger partial charge in [0.25, 0.3) is 0 Å². The van der Waals surface area contributed by atoms with Crippen LogP contribution in [0.25, 0.3) is 0 Å². The average molecular weight is 382 g/mol. The van der Waals surface area contributed by atoms with Crippen LogP contribution >= 0.6 is 27.5 Å². The highest BCUT2D eigenvalue weighted by Gasteiger charge is 2.23. The Hall–Kier alpha value is -0.870. The normalized spacial score (nSPS) is 21.7. The molecule has 2 nitrogen and oxygen atoms in total. The highest BCUT2D eigenvalue weighted by Crippen LogP contribution is 2.14. The summed E-state index contributed by atoms with van der Waals surface area (Å²) >= 11 is 9.61. The van der Waals surface area contributed by atoms with Crippen molar-refractivity contribution < 1.29 is 9.80 Å². The molecule has 0 atom stereocenters. The molecule has 0 amide bonds. The summed E-state index contributed by atoms with van der Waals surface area (Å²) in [6.45, 7) is 7.19. The monoisotopic (exact) mass is 380 g/mol. The number of halogens is 2. The molecule has 3 rings (SSSR count). The lowest BCUT2D eigenvalue weighted by Gasteiger charge is -2.30. The van der Waals surface area contributed by atoms with Crippen LogP contribution in [0, 0.1) is 0 Å². The molecule has 0 aromatic heterocycles. The number of nitrogens with one attached hydrogen (secondary N) is 2. The molecule has 4 heteroatoms. The first-order valence-corrected chi connectivity index (χ1v) is 9.03. The van der Waals surface area contributed by atoms with Crippen molar-refractivity contribution in [3.05, 3.63) is 69.2 Å². The zero-order chi connectivity index (χ0) is 15.4. The third-order valence-electron chi connectivity index (χ3n) is 4.43. The van der Waals surface area contributed by atoms with Gasteiger partial charge in [0, 0.05) is 20.6 Å². The summed E-state index contributed by atoms with van der Waals surface area (Å²) in [5.74, 6) is 0. The maximum Gasteiger partial charge on any atom is 0.127 e. The Morgan fingerprint density at radius 2 is 1.41 bits per heavy atom. The highest BCUT2D eigenvalue weighted by atomic mass is 79.9. The maximum atomic E-state index is 5.95. The molecule has 0 bridgehead atoms. The molecule has 1 heterocycles. The minimum Gasteiger partial charge on any atom is -0.322 e. The Bertz CT molecular complexity index is 607. The molecule has 0 radical (unpaired) electrons. The third-order valence-corrected chi connectivity index (χ3v) is 5.46. The lowest BCUT2D eigenvalue weighted by atomic mass is 10.1. The van der Waals surface area contributed by atoms with Gasteiger partial charge in [0.15, 0.2) is 0 Å². The first-order valence-electron chi connectivity index (χ1n) is 7.86. The van der Waals surface area contributed by atoms with Crippen LogP contribution in [-0.4, -0.2) is 26.2 Å². The summed E-state index contributed by atoms with van der Waals surface area (Å²) in [5, 5.41) is 0.821. The molecule has 2 aromatic rings. The first-order chi connectivity index (χ1) is 10.7. The molecule has 0 unspecified atom stereocenters. The SMILES string of the molecule is Clc1ccc(C[NH+]2CC[NH+](Cc3ccccc3Br)CC2)cc1. The topological polar surface area (TPSA) is 8.88 Å². The summed E-state index contributed by atoms with van der Waals surface area (Å²) in [6.07, 6.45) is 0. The second-order valence-electron chi connectivity index (χ2n) is 6.07. The van der Waals surface area contributed by atoms with Crippen molar-refractivity contribution in [3.63, 3.8) is 0 Å². The number of rotatable bonds is 4. The van der Waals surface area contributed by atoms with Gasteiger partial charge in [-0.2, -0.15) is 0 Å². The van der Waals surface area contributed by atoms with E-state index in [9.17, 15) is 0 Å². The summed E-state index contributed by atoms with van der Waals surface area (Å²) < 4.78 is 1.23. The summed E-state index contributed by atoms with van der Waals surface area (Å²) in [7, 11) is 0. The van der Waals surface area contributed by atoms with E-state index >= 15 is 0 Å². The highest BCUT2D eigenvalue weighted by molar-refractivity contribution is 9.10. The van der Waals surface area contributed by atoms with Crippen molar-refractivity contribution >= 4 is 27.5 Å². The van der Waals surface area contributed by atoms with Gasteiger partial charge in [-0.05, 0) is 18.2 Å². The van der Waals surface area contributed by atoms with Crippen molar-refractivity contribution in [3.8, 4) is 0 Å². The smallest absolute Gasteiger partial charge is 0.127 e. The minimum atomic E-state index is 0.821. The molecule has 0 saturated carbocycles. The van der Waals surface area contributed by atoms with Crippen LogP contribution in [0.3, 0.4) is 0 Å². The molecule has 1 saturated heterocycles. The number of benzene rings is 2. The molecule has 0 spiro atoms. The summed E-state index contributed by atoms with van der Waals surface area (Å²) in [4.78, 5) is 3.37. The number of hydrogen-bond donors (Lipinski definition) is 2. The maximum absolute atomic E-state index is 5.95. The van der Waals surface area contributed by atoms with E-state index in [2.05, 4.69) is 52.3 Å². The average Bonchev–Trinajstić information content (AvgIpc) is 2.54. The fourth-order valence-electron chi connectivity index (χ4n) is 3.11. The Morgan fingerprint density at radius 3 is 2.05 bits per heavy atom. The van der Waals surface area contributed by atoms with E-state index in [1.807, 2.05) is 12.1 Å². The van der Waals surface area contributed by atoms with E-state index in [1.165, 1.54) is 41.8 Å². The first kappa shape index (κ1) is 16.0. The van der Waals surface area contributed by atoms with Gasteiger partial charge in [0.1, 0.15) is 39.3 Å². The third kappa shape index (κ3) is 4.32. The Balaban J connectivity index is 1.50. The Morgan fingerprint density at radius 1 is 0.818 bits per heavy atom. The quantitative estimate of drug-likeness (QED) is 0.796. The van der Waals surface area contributed by atoms with Crippen LogP contribution in [0.2, 0.25) is 5.02 Å². The summed E-state index contributed by atoms with van der Waals surface area (Å²) in [6, 6.07) is 16.8. The lowest BCUT2D eigenvalue weighted by molar-refractivity contribution is -1.02. The van der Waals surface area contributed by atoms with Gasteiger partial charge in [-0.1, -0.05) is 57.9 Å².